The van der Waals surface area contributed by atoms with Gasteiger partial charge in [0.2, 0.25) is 5.91 Å². The summed E-state index contributed by atoms with van der Waals surface area (Å²) in [4.78, 5) is 12.0. The number of hydrogen-bond donors (Lipinski definition) is 1. The molecule has 112 valence electrons. The van der Waals surface area contributed by atoms with E-state index in [1.54, 1.807) is 0 Å². The van der Waals surface area contributed by atoms with Crippen LogP contribution in [0.2, 0.25) is 0 Å². The molecule has 0 spiro atoms. The van der Waals surface area contributed by atoms with Crippen LogP contribution in [0.15, 0.2) is 0 Å². The number of amides is 1. The molecule has 1 amide bonds. The van der Waals surface area contributed by atoms with E-state index in [-0.39, 0.29) is 0 Å². The fourth-order valence-corrected chi connectivity index (χ4v) is 6.78. The maximum Gasteiger partial charge on any atom is 0.220 e. The van der Waals surface area contributed by atoms with E-state index < -0.39 is 0 Å². The quantitative estimate of drug-likeness (QED) is 0.716. The molecule has 0 bridgehead atoms. The lowest BCUT2D eigenvalue weighted by Gasteiger charge is -2.59. The van der Waals surface area contributed by atoms with Crippen LogP contribution in [0.1, 0.15) is 65.2 Å². The SMILES string of the molecule is C[C@@]12CCC[C@H]1[C@@H]1CC[C@H]3CNC(=O)C[C@]3(C)[C@@H]1CC2. The Morgan fingerprint density at radius 3 is 2.75 bits per heavy atom. The Kier molecular flexibility index (Phi) is 2.79. The van der Waals surface area contributed by atoms with Gasteiger partial charge in [-0.2, -0.15) is 0 Å². The highest BCUT2D eigenvalue weighted by Crippen LogP contribution is 2.64. The van der Waals surface area contributed by atoms with Crippen LogP contribution in [0.25, 0.3) is 0 Å². The standard InChI is InChI=1S/C18H29NO/c1-17-8-3-4-14(17)13-6-5-12-11-19-16(20)10-18(12,2)15(13)7-9-17/h12-15H,3-11H2,1-2H3,(H,19,20)/t12-,13-,14-,15+,17-,18-/m0/s1. The van der Waals surface area contributed by atoms with Crippen LogP contribution in [0.3, 0.4) is 0 Å². The zero-order chi connectivity index (χ0) is 14.0. The van der Waals surface area contributed by atoms with Crippen LogP contribution in [-0.2, 0) is 4.79 Å². The highest BCUT2D eigenvalue weighted by Gasteiger charge is 2.58. The third-order valence-electron chi connectivity index (χ3n) is 7.93. The summed E-state index contributed by atoms with van der Waals surface area (Å²) in [7, 11) is 0. The van der Waals surface area contributed by atoms with E-state index in [9.17, 15) is 4.79 Å². The molecule has 2 heteroatoms. The van der Waals surface area contributed by atoms with Gasteiger partial charge in [-0.25, -0.2) is 0 Å². The smallest absolute Gasteiger partial charge is 0.220 e. The minimum Gasteiger partial charge on any atom is -0.356 e. The number of piperidine rings is 1. The molecular weight excluding hydrogens is 246 g/mol. The summed E-state index contributed by atoms with van der Waals surface area (Å²) in [5, 5.41) is 3.12. The van der Waals surface area contributed by atoms with E-state index >= 15 is 0 Å². The second kappa shape index (κ2) is 4.24. The second-order valence-electron chi connectivity index (χ2n) is 8.72. The Morgan fingerprint density at radius 1 is 1.05 bits per heavy atom. The van der Waals surface area contributed by atoms with Crippen molar-refractivity contribution in [1.82, 2.24) is 5.32 Å². The molecule has 4 aliphatic rings. The maximum absolute atomic E-state index is 12.0. The molecule has 3 saturated carbocycles. The number of hydrogen-bond acceptors (Lipinski definition) is 1. The molecule has 1 N–H and O–H groups in total. The Labute approximate surface area is 123 Å². The van der Waals surface area contributed by atoms with Gasteiger partial charge >= 0.3 is 0 Å². The third-order valence-corrected chi connectivity index (χ3v) is 7.93. The van der Waals surface area contributed by atoms with Crippen LogP contribution in [-0.4, -0.2) is 12.5 Å². The number of carbonyl (C=O) groups excluding carboxylic acids is 1. The van der Waals surface area contributed by atoms with E-state index in [0.29, 0.717) is 16.7 Å². The Bertz CT molecular complexity index is 433. The van der Waals surface area contributed by atoms with Crippen molar-refractivity contribution in [1.29, 1.82) is 0 Å². The number of carbonyl (C=O) groups is 1. The van der Waals surface area contributed by atoms with Crippen molar-refractivity contribution in [2.45, 2.75) is 65.2 Å². The maximum atomic E-state index is 12.0. The van der Waals surface area contributed by atoms with Crippen molar-refractivity contribution in [2.75, 3.05) is 6.54 Å². The van der Waals surface area contributed by atoms with Crippen LogP contribution < -0.4 is 5.32 Å². The van der Waals surface area contributed by atoms with Crippen molar-refractivity contribution in [2.24, 2.45) is 34.5 Å². The lowest BCUT2D eigenvalue weighted by molar-refractivity contribution is -0.141. The average molecular weight is 275 g/mol. The fourth-order valence-electron chi connectivity index (χ4n) is 6.78. The molecular formula is C18H29NO. The third kappa shape index (κ3) is 1.66. The highest BCUT2D eigenvalue weighted by atomic mass is 16.1. The minimum absolute atomic E-state index is 0.301. The van der Waals surface area contributed by atoms with Gasteiger partial charge in [0, 0.05) is 13.0 Å². The molecule has 0 unspecified atom stereocenters. The number of fused-ring (bicyclic) bond motifs is 5. The average Bonchev–Trinajstić information content (AvgIpc) is 2.79. The molecule has 2 nitrogen and oxygen atoms in total. The Balaban J connectivity index is 1.66. The molecule has 0 aromatic heterocycles. The summed E-state index contributed by atoms with van der Waals surface area (Å²) in [6.45, 7) is 5.95. The summed E-state index contributed by atoms with van der Waals surface area (Å²) >= 11 is 0. The van der Waals surface area contributed by atoms with Gasteiger partial charge in [0.15, 0.2) is 0 Å². The first-order valence-electron chi connectivity index (χ1n) is 8.80. The van der Waals surface area contributed by atoms with Crippen molar-refractivity contribution in [3.05, 3.63) is 0 Å². The van der Waals surface area contributed by atoms with Gasteiger partial charge in [-0.1, -0.05) is 20.3 Å². The lowest BCUT2D eigenvalue weighted by atomic mass is 9.46. The van der Waals surface area contributed by atoms with Crippen molar-refractivity contribution >= 4 is 5.91 Å². The van der Waals surface area contributed by atoms with Gasteiger partial charge in [-0.15, -0.1) is 0 Å². The van der Waals surface area contributed by atoms with E-state index in [4.69, 9.17) is 0 Å². The second-order valence-corrected chi connectivity index (χ2v) is 8.72. The molecule has 1 heterocycles. The van der Waals surface area contributed by atoms with Crippen LogP contribution in [0.4, 0.5) is 0 Å². The van der Waals surface area contributed by atoms with Gasteiger partial charge in [0.25, 0.3) is 0 Å². The molecule has 0 aromatic rings. The minimum atomic E-state index is 0.301. The fraction of sp³-hybridized carbons (Fsp3) is 0.944. The van der Waals surface area contributed by atoms with Gasteiger partial charge in [-0.05, 0) is 73.0 Å². The molecule has 3 aliphatic carbocycles. The van der Waals surface area contributed by atoms with E-state index in [1.165, 1.54) is 44.9 Å². The Hall–Kier alpha value is -0.530. The summed E-state index contributed by atoms with van der Waals surface area (Å²) in [5.74, 6) is 3.76. The summed E-state index contributed by atoms with van der Waals surface area (Å²) in [6, 6.07) is 0. The highest BCUT2D eigenvalue weighted by molar-refractivity contribution is 5.77. The Morgan fingerprint density at radius 2 is 1.90 bits per heavy atom. The zero-order valence-electron chi connectivity index (χ0n) is 13.1. The lowest BCUT2D eigenvalue weighted by Crippen LogP contribution is -2.57. The predicted octanol–water partition coefficient (Wildman–Crippen LogP) is 3.76. The van der Waals surface area contributed by atoms with E-state index in [0.717, 1.165) is 36.6 Å². The van der Waals surface area contributed by atoms with Gasteiger partial charge < -0.3 is 5.32 Å². The summed E-state index contributed by atoms with van der Waals surface area (Å²) in [5.41, 5.74) is 0.941. The molecule has 6 atom stereocenters. The first-order valence-corrected chi connectivity index (χ1v) is 8.80. The van der Waals surface area contributed by atoms with Gasteiger partial charge in [-0.3, -0.25) is 4.79 Å². The molecule has 20 heavy (non-hydrogen) atoms. The monoisotopic (exact) mass is 275 g/mol. The van der Waals surface area contributed by atoms with E-state index in [2.05, 4.69) is 19.2 Å². The topological polar surface area (TPSA) is 29.1 Å². The van der Waals surface area contributed by atoms with Crippen molar-refractivity contribution < 1.29 is 4.79 Å². The molecule has 0 radical (unpaired) electrons. The molecule has 1 saturated heterocycles. The largest absolute Gasteiger partial charge is 0.356 e. The first-order chi connectivity index (χ1) is 9.53. The first kappa shape index (κ1) is 13.2. The van der Waals surface area contributed by atoms with Gasteiger partial charge in [0.05, 0.1) is 0 Å². The predicted molar refractivity (Wildman–Crippen MR) is 80.1 cm³/mol. The summed E-state index contributed by atoms with van der Waals surface area (Å²) in [6.07, 6.45) is 10.8. The van der Waals surface area contributed by atoms with Crippen LogP contribution in [0.5, 0.6) is 0 Å². The molecule has 4 rings (SSSR count). The molecule has 1 aliphatic heterocycles. The van der Waals surface area contributed by atoms with Crippen molar-refractivity contribution in [3.63, 3.8) is 0 Å². The molecule has 4 fully saturated rings. The van der Waals surface area contributed by atoms with Gasteiger partial charge in [0.1, 0.15) is 0 Å². The zero-order valence-corrected chi connectivity index (χ0v) is 13.1. The van der Waals surface area contributed by atoms with Crippen molar-refractivity contribution in [3.8, 4) is 0 Å². The van der Waals surface area contributed by atoms with Crippen LogP contribution >= 0.6 is 0 Å². The van der Waals surface area contributed by atoms with E-state index in [1.807, 2.05) is 0 Å². The number of rotatable bonds is 0. The summed E-state index contributed by atoms with van der Waals surface area (Å²) < 4.78 is 0. The molecule has 0 aromatic carbocycles. The number of nitrogens with one attached hydrogen (secondary N) is 1. The normalized spacial score (nSPS) is 54.6. The van der Waals surface area contributed by atoms with Crippen LogP contribution in [0, 0.1) is 34.5 Å².